The minimum absolute atomic E-state index is 0.217. The quantitative estimate of drug-likeness (QED) is 0.473. The fourth-order valence-corrected chi connectivity index (χ4v) is 5.21. The molecule has 1 heterocycles. The average Bonchev–Trinajstić information content (AvgIpc) is 2.41. The highest BCUT2D eigenvalue weighted by molar-refractivity contribution is 8.94. The Morgan fingerprint density at radius 2 is 2.30 bits per heavy atom. The van der Waals surface area contributed by atoms with Crippen LogP contribution in [0.5, 0.6) is 0 Å². The first-order valence-electron chi connectivity index (χ1n) is 3.23. The third kappa shape index (κ3) is 0.961. The van der Waals surface area contributed by atoms with E-state index in [9.17, 15) is 0 Å². The van der Waals surface area contributed by atoms with Gasteiger partial charge in [0, 0.05) is 4.91 Å². The molecule has 2 aliphatic rings. The zero-order valence-corrected chi connectivity index (χ0v) is 7.78. The minimum atomic E-state index is -0.217. The lowest BCUT2D eigenvalue weighted by Crippen LogP contribution is -2.10. The van der Waals surface area contributed by atoms with Crippen LogP contribution in [0.1, 0.15) is 19.3 Å². The topological polar surface area (TPSA) is 26.0 Å². The molecule has 0 saturated heterocycles. The van der Waals surface area contributed by atoms with Crippen molar-refractivity contribution in [1.29, 1.82) is 0 Å². The Bertz CT molecular complexity index is 244. The van der Waals surface area contributed by atoms with Crippen molar-refractivity contribution >= 4 is 35.2 Å². The van der Waals surface area contributed by atoms with Crippen molar-refractivity contribution in [3.05, 3.63) is 10.5 Å². The summed E-state index contributed by atoms with van der Waals surface area (Å²) in [5.41, 5.74) is 7.15. The van der Waals surface area contributed by atoms with Gasteiger partial charge in [-0.25, -0.2) is 0 Å². The molecule has 2 N–H and O–H groups in total. The van der Waals surface area contributed by atoms with E-state index in [1.54, 1.807) is 10.8 Å². The molecule has 1 aliphatic carbocycles. The second kappa shape index (κ2) is 2.55. The molecule has 0 radical (unpaired) electrons. The highest BCUT2D eigenvalue weighted by atomic mass is 35.7. The summed E-state index contributed by atoms with van der Waals surface area (Å²) in [6, 6.07) is 0. The van der Waals surface area contributed by atoms with Crippen molar-refractivity contribution < 1.29 is 0 Å². The van der Waals surface area contributed by atoms with Gasteiger partial charge in [-0.2, -0.15) is 0 Å². The summed E-state index contributed by atoms with van der Waals surface area (Å²) >= 11 is 0. The number of hydrogen-bond acceptors (Lipinski definition) is 2. The molecule has 56 valence electrons. The largest absolute Gasteiger partial charge is 0.296 e. The van der Waals surface area contributed by atoms with Crippen LogP contribution >= 0.6 is 30.2 Å². The molecule has 1 atom stereocenters. The predicted octanol–water partition coefficient (Wildman–Crippen LogP) is 2.60. The lowest BCUT2D eigenvalue weighted by Gasteiger charge is -1.97. The molecule has 0 aromatic heterocycles. The van der Waals surface area contributed by atoms with Crippen molar-refractivity contribution in [2.24, 2.45) is 5.73 Å². The summed E-state index contributed by atoms with van der Waals surface area (Å²) in [4.78, 5) is 2.40. The van der Waals surface area contributed by atoms with Crippen LogP contribution in [0.2, 0.25) is 0 Å². The van der Waals surface area contributed by atoms with Crippen molar-refractivity contribution in [3.63, 3.8) is 0 Å². The number of rotatable bonds is 0. The number of halogens is 1. The first-order chi connectivity index (χ1) is 4.79. The fraction of sp³-hybridized carbons (Fsp3) is 0.500. The van der Waals surface area contributed by atoms with Crippen LogP contribution in [0.25, 0.3) is 0 Å². The van der Waals surface area contributed by atoms with E-state index in [0.29, 0.717) is 0 Å². The van der Waals surface area contributed by atoms with Gasteiger partial charge >= 0.3 is 0 Å². The second-order valence-corrected chi connectivity index (χ2v) is 6.95. The van der Waals surface area contributed by atoms with Gasteiger partial charge < -0.3 is 0 Å². The SMILES string of the molecule is NC1=S(Cl)SC2=C1CCC2. The first kappa shape index (κ1) is 7.22. The number of allylic oxidation sites excluding steroid dienone is 1. The van der Waals surface area contributed by atoms with Gasteiger partial charge in [0.15, 0.2) is 0 Å². The zero-order valence-electron chi connectivity index (χ0n) is 5.39. The van der Waals surface area contributed by atoms with Gasteiger partial charge in [0.05, 0.1) is 4.99 Å². The number of nitrogens with two attached hydrogens (primary N) is 1. The molecule has 4 heteroatoms. The Balaban J connectivity index is 2.37. The van der Waals surface area contributed by atoms with Crippen molar-refractivity contribution in [3.8, 4) is 0 Å². The van der Waals surface area contributed by atoms with Crippen LogP contribution in [-0.2, 0) is 0 Å². The van der Waals surface area contributed by atoms with Crippen molar-refractivity contribution in [2.75, 3.05) is 0 Å². The Kier molecular flexibility index (Phi) is 1.84. The van der Waals surface area contributed by atoms with E-state index in [1.807, 2.05) is 0 Å². The average molecular weight is 194 g/mol. The van der Waals surface area contributed by atoms with Crippen LogP contribution in [0.4, 0.5) is 0 Å². The van der Waals surface area contributed by atoms with Gasteiger partial charge in [-0.05, 0) is 44.2 Å². The molecular weight excluding hydrogens is 186 g/mol. The molecule has 0 aromatic rings. The summed E-state index contributed by atoms with van der Waals surface area (Å²) in [5, 5.41) is 0. The molecule has 1 nitrogen and oxygen atoms in total. The lowest BCUT2D eigenvalue weighted by atomic mass is 10.2. The number of hydrogen-bond donors (Lipinski definition) is 1. The van der Waals surface area contributed by atoms with Gasteiger partial charge in [-0.1, -0.05) is 10.8 Å². The first-order valence-corrected chi connectivity index (χ1v) is 6.61. The van der Waals surface area contributed by atoms with Crippen molar-refractivity contribution in [1.82, 2.24) is 0 Å². The Labute approximate surface area is 70.8 Å². The van der Waals surface area contributed by atoms with Gasteiger partial charge in [0.25, 0.3) is 0 Å². The van der Waals surface area contributed by atoms with Gasteiger partial charge in [-0.15, -0.1) is 0 Å². The van der Waals surface area contributed by atoms with Gasteiger partial charge in [0.2, 0.25) is 0 Å². The maximum Gasteiger partial charge on any atom is 0.0653 e. The van der Waals surface area contributed by atoms with Crippen LogP contribution < -0.4 is 5.73 Å². The highest BCUT2D eigenvalue weighted by Gasteiger charge is 2.25. The van der Waals surface area contributed by atoms with Crippen LogP contribution in [0.3, 0.4) is 0 Å². The predicted molar refractivity (Wildman–Crippen MR) is 51.1 cm³/mol. The highest BCUT2D eigenvalue weighted by Crippen LogP contribution is 2.54. The standard InChI is InChI=1S/C6H8ClNS2/c7-10-6(8)4-2-1-3-5(4)9-10/h1-3,8H2. The molecular formula is C6H8ClNS2. The molecule has 1 unspecified atom stereocenters. The molecule has 0 aromatic carbocycles. The van der Waals surface area contributed by atoms with Crippen LogP contribution in [-0.4, -0.2) is 4.99 Å². The normalized spacial score (nSPS) is 31.8. The zero-order chi connectivity index (χ0) is 7.14. The van der Waals surface area contributed by atoms with E-state index in [0.717, 1.165) is 11.4 Å². The van der Waals surface area contributed by atoms with E-state index < -0.39 is 0 Å². The van der Waals surface area contributed by atoms with Crippen LogP contribution in [0.15, 0.2) is 10.5 Å². The van der Waals surface area contributed by atoms with Crippen molar-refractivity contribution in [2.45, 2.75) is 19.3 Å². The Morgan fingerprint density at radius 3 is 3.00 bits per heavy atom. The fourth-order valence-electron chi connectivity index (χ4n) is 1.30. The second-order valence-electron chi connectivity index (χ2n) is 2.43. The molecule has 0 amide bonds. The molecule has 0 saturated carbocycles. The molecule has 10 heavy (non-hydrogen) atoms. The summed E-state index contributed by atoms with van der Waals surface area (Å²) < 4.78 is 0. The summed E-state index contributed by atoms with van der Waals surface area (Å²) in [6.45, 7) is 0. The lowest BCUT2D eigenvalue weighted by molar-refractivity contribution is 0.917. The molecule has 0 bridgehead atoms. The van der Waals surface area contributed by atoms with E-state index in [1.165, 1.54) is 23.3 Å². The van der Waals surface area contributed by atoms with Gasteiger partial charge in [-0.3, -0.25) is 5.73 Å². The summed E-state index contributed by atoms with van der Waals surface area (Å²) in [6.07, 6.45) is 3.63. The monoisotopic (exact) mass is 193 g/mol. The Morgan fingerprint density at radius 1 is 1.50 bits per heavy atom. The third-order valence-corrected chi connectivity index (χ3v) is 5.85. The maximum atomic E-state index is 5.95. The van der Waals surface area contributed by atoms with E-state index in [2.05, 4.69) is 0 Å². The third-order valence-electron chi connectivity index (χ3n) is 1.81. The summed E-state index contributed by atoms with van der Waals surface area (Å²) in [7, 11) is 7.49. The Hall–Kier alpha value is 0.560. The summed E-state index contributed by atoms with van der Waals surface area (Å²) in [5.74, 6) is 0. The maximum absolute atomic E-state index is 5.95. The smallest absolute Gasteiger partial charge is 0.0653 e. The molecule has 0 spiro atoms. The molecule has 0 fully saturated rings. The minimum Gasteiger partial charge on any atom is -0.296 e. The van der Waals surface area contributed by atoms with E-state index in [-0.39, 0.29) is 8.73 Å². The van der Waals surface area contributed by atoms with Gasteiger partial charge in [0.1, 0.15) is 0 Å². The van der Waals surface area contributed by atoms with E-state index >= 15 is 0 Å². The van der Waals surface area contributed by atoms with E-state index in [4.69, 9.17) is 16.4 Å². The molecule has 2 rings (SSSR count). The molecule has 1 aliphatic heterocycles. The van der Waals surface area contributed by atoms with Crippen LogP contribution in [0, 0.1) is 0 Å².